The molecule has 0 radical (unpaired) electrons. The molecule has 0 atom stereocenters. The highest BCUT2D eigenvalue weighted by atomic mass is 32.2. The predicted molar refractivity (Wildman–Crippen MR) is 78.2 cm³/mol. The normalized spacial score (nSPS) is 11.8. The Morgan fingerprint density at radius 2 is 2.19 bits per heavy atom. The lowest BCUT2D eigenvalue weighted by Crippen LogP contribution is -2.27. The highest BCUT2D eigenvalue weighted by molar-refractivity contribution is 7.89. The Hall–Kier alpha value is -2.00. The molecule has 2 N–H and O–H groups in total. The van der Waals surface area contributed by atoms with Crippen LogP contribution in [0.3, 0.4) is 0 Å². The van der Waals surface area contributed by atoms with Crippen molar-refractivity contribution in [3.63, 3.8) is 0 Å². The SMILES string of the molecule is CCNc1cc(S(=O)(=O)N(C)Cc2n[nH]c(C)n2)ccn1. The van der Waals surface area contributed by atoms with E-state index in [1.165, 1.54) is 29.7 Å². The van der Waals surface area contributed by atoms with Crippen LogP contribution in [0, 0.1) is 6.92 Å². The molecule has 0 amide bonds. The largest absolute Gasteiger partial charge is 0.370 e. The summed E-state index contributed by atoms with van der Waals surface area (Å²) in [4.78, 5) is 8.36. The summed E-state index contributed by atoms with van der Waals surface area (Å²) < 4.78 is 26.2. The third-order valence-electron chi connectivity index (χ3n) is 2.81. The van der Waals surface area contributed by atoms with Crippen LogP contribution in [0.25, 0.3) is 0 Å². The molecule has 114 valence electrons. The molecule has 0 aliphatic rings. The Morgan fingerprint density at radius 1 is 1.43 bits per heavy atom. The molecule has 0 bridgehead atoms. The number of nitrogens with zero attached hydrogens (tertiary/aromatic N) is 4. The number of nitrogens with one attached hydrogen (secondary N) is 2. The van der Waals surface area contributed by atoms with Crippen LogP contribution >= 0.6 is 0 Å². The Bertz CT molecular complexity index is 712. The molecule has 0 fully saturated rings. The summed E-state index contributed by atoms with van der Waals surface area (Å²) in [6.07, 6.45) is 1.47. The first kappa shape index (κ1) is 15.4. The van der Waals surface area contributed by atoms with Crippen LogP contribution in [0.4, 0.5) is 5.82 Å². The van der Waals surface area contributed by atoms with E-state index in [2.05, 4.69) is 25.5 Å². The monoisotopic (exact) mass is 310 g/mol. The first-order chi connectivity index (χ1) is 9.93. The fourth-order valence-corrected chi connectivity index (χ4v) is 2.91. The van der Waals surface area contributed by atoms with Crippen LogP contribution in [0.5, 0.6) is 0 Å². The summed E-state index contributed by atoms with van der Waals surface area (Å²) in [6, 6.07) is 2.98. The van der Waals surface area contributed by atoms with Gasteiger partial charge in [-0.3, -0.25) is 5.10 Å². The molecule has 0 saturated heterocycles. The summed E-state index contributed by atoms with van der Waals surface area (Å²) in [6.45, 7) is 4.45. The second kappa shape index (κ2) is 6.19. The zero-order chi connectivity index (χ0) is 15.5. The molecule has 0 aliphatic heterocycles. The molecule has 0 aromatic carbocycles. The molecule has 9 heteroatoms. The van der Waals surface area contributed by atoms with Gasteiger partial charge in [0, 0.05) is 25.9 Å². The third kappa shape index (κ3) is 3.56. The van der Waals surface area contributed by atoms with E-state index in [0.717, 1.165) is 0 Å². The van der Waals surface area contributed by atoms with Crippen LogP contribution < -0.4 is 5.32 Å². The van der Waals surface area contributed by atoms with E-state index in [0.29, 0.717) is 24.0 Å². The van der Waals surface area contributed by atoms with Gasteiger partial charge in [-0.2, -0.15) is 9.40 Å². The van der Waals surface area contributed by atoms with Crippen molar-refractivity contribution < 1.29 is 8.42 Å². The van der Waals surface area contributed by atoms with Crippen molar-refractivity contribution in [2.45, 2.75) is 25.3 Å². The fourth-order valence-electron chi connectivity index (χ4n) is 1.77. The van der Waals surface area contributed by atoms with Gasteiger partial charge in [0.15, 0.2) is 5.82 Å². The number of rotatable bonds is 6. The van der Waals surface area contributed by atoms with Gasteiger partial charge in [0.2, 0.25) is 10.0 Å². The maximum absolute atomic E-state index is 12.5. The zero-order valence-corrected chi connectivity index (χ0v) is 13.0. The van der Waals surface area contributed by atoms with E-state index in [-0.39, 0.29) is 11.4 Å². The first-order valence-corrected chi connectivity index (χ1v) is 7.91. The van der Waals surface area contributed by atoms with Gasteiger partial charge in [0.25, 0.3) is 0 Å². The highest BCUT2D eigenvalue weighted by Crippen LogP contribution is 2.17. The van der Waals surface area contributed by atoms with E-state index >= 15 is 0 Å². The molecule has 2 aromatic rings. The lowest BCUT2D eigenvalue weighted by Gasteiger charge is -2.16. The number of sulfonamides is 1. The third-order valence-corrected chi connectivity index (χ3v) is 4.60. The van der Waals surface area contributed by atoms with E-state index in [1.807, 2.05) is 6.92 Å². The number of aryl methyl sites for hydroxylation is 1. The number of hydrogen-bond acceptors (Lipinski definition) is 6. The lowest BCUT2D eigenvalue weighted by molar-refractivity contribution is 0.457. The first-order valence-electron chi connectivity index (χ1n) is 6.47. The molecular formula is C12H18N6O2S. The number of pyridine rings is 1. The average Bonchev–Trinajstić information content (AvgIpc) is 2.85. The lowest BCUT2D eigenvalue weighted by atomic mass is 10.4. The van der Waals surface area contributed by atoms with Crippen molar-refractivity contribution in [1.29, 1.82) is 0 Å². The molecule has 0 unspecified atom stereocenters. The number of H-pyrrole nitrogens is 1. The fraction of sp³-hybridized carbons (Fsp3) is 0.417. The van der Waals surface area contributed by atoms with E-state index in [9.17, 15) is 8.42 Å². The van der Waals surface area contributed by atoms with Crippen molar-refractivity contribution in [3.05, 3.63) is 30.0 Å². The molecule has 2 heterocycles. The molecule has 0 aliphatic carbocycles. The van der Waals surface area contributed by atoms with Crippen LogP contribution in [-0.4, -0.2) is 46.5 Å². The van der Waals surface area contributed by atoms with E-state index in [4.69, 9.17) is 0 Å². The van der Waals surface area contributed by atoms with Crippen LogP contribution in [-0.2, 0) is 16.6 Å². The molecule has 0 spiro atoms. The van der Waals surface area contributed by atoms with Gasteiger partial charge in [-0.1, -0.05) is 0 Å². The molecular weight excluding hydrogens is 292 g/mol. The molecule has 21 heavy (non-hydrogen) atoms. The van der Waals surface area contributed by atoms with Gasteiger partial charge in [-0.15, -0.1) is 0 Å². The van der Waals surface area contributed by atoms with Crippen LogP contribution in [0.2, 0.25) is 0 Å². The summed E-state index contributed by atoms with van der Waals surface area (Å²) in [5.41, 5.74) is 0. The van der Waals surface area contributed by atoms with E-state index in [1.54, 1.807) is 6.92 Å². The Morgan fingerprint density at radius 3 is 2.81 bits per heavy atom. The second-order valence-electron chi connectivity index (χ2n) is 4.51. The Balaban J connectivity index is 2.22. The van der Waals surface area contributed by atoms with Crippen molar-refractivity contribution in [2.75, 3.05) is 18.9 Å². The number of aromatic amines is 1. The minimum absolute atomic E-state index is 0.103. The number of hydrogen-bond donors (Lipinski definition) is 2. The van der Waals surface area contributed by atoms with Crippen molar-refractivity contribution >= 4 is 15.8 Å². The summed E-state index contributed by atoms with van der Waals surface area (Å²) in [5.74, 6) is 1.61. The van der Waals surface area contributed by atoms with Gasteiger partial charge >= 0.3 is 0 Å². The summed E-state index contributed by atoms with van der Waals surface area (Å²) in [5, 5.41) is 9.62. The predicted octanol–water partition coefficient (Wildman–Crippen LogP) is 0.761. The summed E-state index contributed by atoms with van der Waals surface area (Å²) in [7, 11) is -2.11. The van der Waals surface area contributed by atoms with Gasteiger partial charge in [0.1, 0.15) is 11.6 Å². The maximum Gasteiger partial charge on any atom is 0.243 e. The number of anilines is 1. The van der Waals surface area contributed by atoms with Gasteiger partial charge in [0.05, 0.1) is 11.4 Å². The Labute approximate surface area is 123 Å². The molecule has 8 nitrogen and oxygen atoms in total. The highest BCUT2D eigenvalue weighted by Gasteiger charge is 2.22. The smallest absolute Gasteiger partial charge is 0.243 e. The van der Waals surface area contributed by atoms with E-state index < -0.39 is 10.0 Å². The van der Waals surface area contributed by atoms with Gasteiger partial charge in [-0.25, -0.2) is 18.4 Å². The average molecular weight is 310 g/mol. The van der Waals surface area contributed by atoms with Crippen LogP contribution in [0.1, 0.15) is 18.6 Å². The minimum atomic E-state index is -3.61. The molecule has 0 saturated carbocycles. The van der Waals surface area contributed by atoms with Crippen molar-refractivity contribution in [2.24, 2.45) is 0 Å². The van der Waals surface area contributed by atoms with Crippen molar-refractivity contribution in [1.82, 2.24) is 24.5 Å². The van der Waals surface area contributed by atoms with Crippen molar-refractivity contribution in [3.8, 4) is 0 Å². The quantitative estimate of drug-likeness (QED) is 0.816. The topological polar surface area (TPSA) is 104 Å². The zero-order valence-electron chi connectivity index (χ0n) is 12.2. The Kier molecular flexibility index (Phi) is 4.53. The molecule has 2 rings (SSSR count). The van der Waals surface area contributed by atoms with Gasteiger partial charge in [-0.05, 0) is 19.9 Å². The maximum atomic E-state index is 12.5. The van der Waals surface area contributed by atoms with Crippen LogP contribution in [0.15, 0.2) is 23.2 Å². The van der Waals surface area contributed by atoms with Gasteiger partial charge < -0.3 is 5.32 Å². The second-order valence-corrected chi connectivity index (χ2v) is 6.55. The standard InChI is InChI=1S/C12H18N6O2S/c1-4-13-11-7-10(5-6-14-11)21(19,20)18(3)8-12-15-9(2)16-17-12/h5-7H,4,8H2,1-3H3,(H,13,14)(H,15,16,17). The summed E-state index contributed by atoms with van der Waals surface area (Å²) >= 11 is 0. The molecule has 2 aromatic heterocycles. The minimum Gasteiger partial charge on any atom is -0.370 e. The number of aromatic nitrogens is 4.